The summed E-state index contributed by atoms with van der Waals surface area (Å²) >= 11 is 7.55. The molecule has 0 spiro atoms. The number of carboxylic acid groups (broad SMARTS) is 4. The van der Waals surface area contributed by atoms with Gasteiger partial charge in [-0.1, -0.05) is 0 Å². The number of hydrogen-bond acceptors (Lipinski definition) is 10. The summed E-state index contributed by atoms with van der Waals surface area (Å²) in [6.07, 6.45) is 0. The van der Waals surface area contributed by atoms with Crippen molar-refractivity contribution in [1.29, 1.82) is 0 Å². The Morgan fingerprint density at radius 2 is 0.767 bits per heavy atom. The molecule has 0 aliphatic rings. The summed E-state index contributed by atoms with van der Waals surface area (Å²) in [6, 6.07) is 0. The molecular formula is C16H14O12S2. The van der Waals surface area contributed by atoms with Gasteiger partial charge in [0.05, 0.1) is 33.4 Å². The quantitative estimate of drug-likeness (QED) is 0.210. The molecule has 0 unspecified atom stereocenters. The zero-order valence-corrected chi connectivity index (χ0v) is 16.6. The number of esters is 2. The Balaban J connectivity index is 4.30. The van der Waals surface area contributed by atoms with Crippen molar-refractivity contribution in [3.8, 4) is 0 Å². The van der Waals surface area contributed by atoms with E-state index in [2.05, 4.69) is 25.3 Å². The fourth-order valence-electron chi connectivity index (χ4n) is 2.43. The molecular weight excluding hydrogens is 448 g/mol. The van der Waals surface area contributed by atoms with Gasteiger partial charge in [-0.2, -0.15) is 25.3 Å². The minimum Gasteiger partial charge on any atom is -0.478 e. The summed E-state index contributed by atoms with van der Waals surface area (Å²) < 4.78 is 9.40. The van der Waals surface area contributed by atoms with E-state index in [0.717, 1.165) is 0 Å². The van der Waals surface area contributed by atoms with Crippen LogP contribution in [0.2, 0.25) is 0 Å². The summed E-state index contributed by atoms with van der Waals surface area (Å²) in [5, 5.41) is 37.8. The van der Waals surface area contributed by atoms with Gasteiger partial charge in [-0.15, -0.1) is 0 Å². The molecule has 0 atom stereocenters. The van der Waals surface area contributed by atoms with E-state index in [9.17, 15) is 49.2 Å². The molecule has 0 aromatic heterocycles. The molecule has 0 saturated heterocycles. The second-order valence-electron chi connectivity index (χ2n) is 5.19. The van der Waals surface area contributed by atoms with E-state index in [0.29, 0.717) is 0 Å². The van der Waals surface area contributed by atoms with Gasteiger partial charge in [0.2, 0.25) is 0 Å². The third-order valence-corrected chi connectivity index (χ3v) is 3.78. The largest absolute Gasteiger partial charge is 0.478 e. The topological polar surface area (TPSA) is 202 Å². The molecule has 0 heterocycles. The molecule has 30 heavy (non-hydrogen) atoms. The maximum Gasteiger partial charge on any atom is 0.339 e. The van der Waals surface area contributed by atoms with Crippen molar-refractivity contribution in [2.75, 3.05) is 24.7 Å². The number of carbonyl (C=O) groups excluding carboxylic acids is 2. The van der Waals surface area contributed by atoms with Crippen LogP contribution in [0, 0.1) is 0 Å². The highest BCUT2D eigenvalue weighted by atomic mass is 32.1. The lowest BCUT2D eigenvalue weighted by atomic mass is 9.86. The number of ether oxygens (including phenoxy) is 2. The second-order valence-corrected chi connectivity index (χ2v) is 6.08. The zero-order chi connectivity index (χ0) is 23.2. The Labute approximate surface area is 178 Å². The molecule has 0 bridgehead atoms. The second kappa shape index (κ2) is 10.5. The number of aromatic carboxylic acids is 4. The average Bonchev–Trinajstić information content (AvgIpc) is 2.67. The maximum absolute atomic E-state index is 12.5. The standard InChI is InChI=1S/C16H14O12S2/c17-11(18)5-6(12(19)20)8(14(23)24)10(16(26)28-2-4-30)9(7(5)13(21)22)15(25)27-1-3-29/h29-30H,1-4H2,(H,17,18)(H,19,20)(H,21,22)(H,23,24). The van der Waals surface area contributed by atoms with Crippen LogP contribution in [0.25, 0.3) is 0 Å². The van der Waals surface area contributed by atoms with Gasteiger partial charge in [0.25, 0.3) is 0 Å². The van der Waals surface area contributed by atoms with E-state index >= 15 is 0 Å². The molecule has 0 radical (unpaired) electrons. The van der Waals surface area contributed by atoms with E-state index in [4.69, 9.17) is 9.47 Å². The number of rotatable bonds is 10. The Morgan fingerprint density at radius 3 is 0.967 bits per heavy atom. The Kier molecular flexibility index (Phi) is 8.67. The number of hydrogen-bond donors (Lipinski definition) is 6. The first-order chi connectivity index (χ1) is 14.0. The van der Waals surface area contributed by atoms with Crippen molar-refractivity contribution in [2.45, 2.75) is 0 Å². The van der Waals surface area contributed by atoms with Gasteiger partial charge >= 0.3 is 35.8 Å². The van der Waals surface area contributed by atoms with Crippen molar-refractivity contribution < 1.29 is 58.7 Å². The van der Waals surface area contributed by atoms with Crippen LogP contribution in [0.1, 0.15) is 62.1 Å². The van der Waals surface area contributed by atoms with Crippen LogP contribution >= 0.6 is 25.3 Å². The molecule has 0 amide bonds. The molecule has 1 rings (SSSR count). The van der Waals surface area contributed by atoms with Crippen molar-refractivity contribution >= 4 is 61.1 Å². The van der Waals surface area contributed by atoms with Crippen LogP contribution < -0.4 is 0 Å². The predicted molar refractivity (Wildman–Crippen MR) is 103 cm³/mol. The van der Waals surface area contributed by atoms with Gasteiger partial charge < -0.3 is 29.9 Å². The number of thiol groups is 2. The lowest BCUT2D eigenvalue weighted by Gasteiger charge is -2.18. The molecule has 162 valence electrons. The van der Waals surface area contributed by atoms with Gasteiger partial charge in [-0.3, -0.25) is 0 Å². The highest BCUT2D eigenvalue weighted by Crippen LogP contribution is 2.31. The van der Waals surface area contributed by atoms with Crippen LogP contribution in [-0.4, -0.2) is 81.0 Å². The molecule has 1 aromatic rings. The monoisotopic (exact) mass is 462 g/mol. The minimum atomic E-state index is -2.16. The summed E-state index contributed by atoms with van der Waals surface area (Å²) in [6.45, 7) is -0.838. The summed E-state index contributed by atoms with van der Waals surface area (Å²) in [4.78, 5) is 71.8. The third-order valence-electron chi connectivity index (χ3n) is 3.41. The van der Waals surface area contributed by atoms with Crippen LogP contribution in [0.15, 0.2) is 0 Å². The van der Waals surface area contributed by atoms with Crippen LogP contribution in [0.3, 0.4) is 0 Å². The molecule has 14 heteroatoms. The van der Waals surface area contributed by atoms with Crippen molar-refractivity contribution in [3.63, 3.8) is 0 Å². The lowest BCUT2D eigenvalue weighted by molar-refractivity contribution is 0.0469. The van der Waals surface area contributed by atoms with Crippen molar-refractivity contribution in [3.05, 3.63) is 33.4 Å². The van der Waals surface area contributed by atoms with Crippen LogP contribution in [0.4, 0.5) is 0 Å². The number of carbonyl (C=O) groups is 6. The van der Waals surface area contributed by atoms with E-state index < -0.39 is 82.4 Å². The molecule has 0 aliphatic heterocycles. The van der Waals surface area contributed by atoms with E-state index in [1.54, 1.807) is 0 Å². The molecule has 0 fully saturated rings. The van der Waals surface area contributed by atoms with Gasteiger partial charge in [0, 0.05) is 11.5 Å². The van der Waals surface area contributed by atoms with Crippen LogP contribution in [0.5, 0.6) is 0 Å². The molecule has 0 saturated carbocycles. The van der Waals surface area contributed by atoms with Crippen molar-refractivity contribution in [1.82, 2.24) is 0 Å². The zero-order valence-electron chi connectivity index (χ0n) is 14.8. The number of benzene rings is 1. The van der Waals surface area contributed by atoms with Crippen molar-refractivity contribution in [2.24, 2.45) is 0 Å². The van der Waals surface area contributed by atoms with Crippen LogP contribution in [-0.2, 0) is 9.47 Å². The molecule has 12 nitrogen and oxygen atoms in total. The SMILES string of the molecule is O=C(O)c1c(C(=O)O)c(C(=O)O)c(C(=O)OCCS)c(C(=O)OCCS)c1C(=O)O. The Morgan fingerprint density at radius 1 is 0.533 bits per heavy atom. The molecule has 0 aliphatic carbocycles. The Hall–Kier alpha value is -3.26. The third kappa shape index (κ3) is 5.01. The summed E-state index contributed by atoms with van der Waals surface area (Å²) in [7, 11) is 0. The smallest absolute Gasteiger partial charge is 0.339 e. The lowest BCUT2D eigenvalue weighted by Crippen LogP contribution is -2.29. The predicted octanol–water partition coefficient (Wildman–Crippen LogP) is 0.653. The van der Waals surface area contributed by atoms with Gasteiger partial charge in [0.1, 0.15) is 13.2 Å². The summed E-state index contributed by atoms with van der Waals surface area (Å²) in [5.41, 5.74) is -8.45. The van der Waals surface area contributed by atoms with E-state index in [1.807, 2.05) is 0 Å². The van der Waals surface area contributed by atoms with Gasteiger partial charge in [0.15, 0.2) is 0 Å². The summed E-state index contributed by atoms with van der Waals surface area (Å²) in [5.74, 6) is -11.8. The molecule has 1 aromatic carbocycles. The first-order valence-electron chi connectivity index (χ1n) is 7.74. The first kappa shape index (κ1) is 24.8. The normalized spacial score (nSPS) is 10.2. The highest BCUT2D eigenvalue weighted by Gasteiger charge is 2.41. The van der Waals surface area contributed by atoms with Gasteiger partial charge in [-0.05, 0) is 0 Å². The highest BCUT2D eigenvalue weighted by molar-refractivity contribution is 7.80. The van der Waals surface area contributed by atoms with E-state index in [1.165, 1.54) is 0 Å². The average molecular weight is 462 g/mol. The fraction of sp³-hybridized carbons (Fsp3) is 0.250. The minimum absolute atomic E-state index is 0.0572. The maximum atomic E-state index is 12.5. The molecule has 4 N–H and O–H groups in total. The van der Waals surface area contributed by atoms with E-state index in [-0.39, 0.29) is 11.5 Å². The first-order valence-corrected chi connectivity index (χ1v) is 9.00. The Bertz CT molecular complexity index is 862. The van der Waals surface area contributed by atoms with Gasteiger partial charge in [-0.25, -0.2) is 28.8 Å². The number of carboxylic acids is 4. The fourth-order valence-corrected chi connectivity index (χ4v) is 2.62.